The third-order valence-electron chi connectivity index (χ3n) is 2.39. The van der Waals surface area contributed by atoms with Crippen molar-refractivity contribution in [3.8, 4) is 0 Å². The molecule has 0 heterocycles. The Balaban J connectivity index is 2.81. The fraction of sp³-hybridized carbons (Fsp3) is 0.455. The Morgan fingerprint density at radius 3 is 2.41 bits per heavy atom. The molecule has 0 unspecified atom stereocenters. The van der Waals surface area contributed by atoms with E-state index in [0.29, 0.717) is 0 Å². The summed E-state index contributed by atoms with van der Waals surface area (Å²) < 4.78 is 50.1. The normalized spacial score (nSPS) is 12.1. The lowest BCUT2D eigenvalue weighted by Gasteiger charge is -2.22. The van der Waals surface area contributed by atoms with Crippen LogP contribution in [-0.2, 0) is 6.54 Å². The van der Waals surface area contributed by atoms with E-state index < -0.39 is 18.5 Å². The van der Waals surface area contributed by atoms with Gasteiger partial charge < -0.3 is 5.73 Å². The second-order valence-electron chi connectivity index (χ2n) is 3.73. The van der Waals surface area contributed by atoms with Crippen LogP contribution in [0, 0.1) is 5.82 Å². The van der Waals surface area contributed by atoms with E-state index in [4.69, 9.17) is 5.73 Å². The van der Waals surface area contributed by atoms with E-state index in [9.17, 15) is 17.6 Å². The average molecular weight is 250 g/mol. The van der Waals surface area contributed by atoms with Gasteiger partial charge in [-0.3, -0.25) is 4.90 Å². The predicted octanol–water partition coefficient (Wildman–Crippen LogP) is 2.79. The lowest BCUT2D eigenvalue weighted by Crippen LogP contribution is -2.34. The second kappa shape index (κ2) is 5.35. The number of hydrogen-bond donors (Lipinski definition) is 1. The molecule has 0 aliphatic rings. The minimum absolute atomic E-state index is 0.110. The molecule has 6 heteroatoms. The predicted molar refractivity (Wildman–Crippen MR) is 57.8 cm³/mol. The summed E-state index contributed by atoms with van der Waals surface area (Å²) in [5, 5.41) is 0. The molecule has 0 atom stereocenters. The Morgan fingerprint density at radius 1 is 1.29 bits per heavy atom. The highest BCUT2D eigenvalue weighted by Crippen LogP contribution is 2.21. The van der Waals surface area contributed by atoms with Crippen molar-refractivity contribution in [1.29, 1.82) is 0 Å². The van der Waals surface area contributed by atoms with Crippen LogP contribution in [0.2, 0.25) is 0 Å². The quantitative estimate of drug-likeness (QED) is 0.657. The van der Waals surface area contributed by atoms with Crippen LogP contribution in [0.3, 0.4) is 0 Å². The maximum atomic E-state index is 13.4. The van der Waals surface area contributed by atoms with Crippen molar-refractivity contribution in [3.05, 3.63) is 29.6 Å². The van der Waals surface area contributed by atoms with Crippen molar-refractivity contribution in [2.75, 3.05) is 18.8 Å². The number of halogens is 4. The first kappa shape index (κ1) is 13.8. The number of benzene rings is 1. The van der Waals surface area contributed by atoms with Crippen molar-refractivity contribution >= 4 is 5.69 Å². The number of rotatable bonds is 4. The number of nitrogen functional groups attached to an aromatic ring is 1. The van der Waals surface area contributed by atoms with Crippen LogP contribution in [0.25, 0.3) is 0 Å². The standard InChI is InChI=1S/C11H14F4N2/c1-2-17(7-11(13,14)15)6-8-9(12)4-3-5-10(8)16/h3-5H,2,6-7,16H2,1H3. The topological polar surface area (TPSA) is 29.3 Å². The molecule has 2 N–H and O–H groups in total. The smallest absolute Gasteiger partial charge is 0.398 e. The Morgan fingerprint density at radius 2 is 1.94 bits per heavy atom. The van der Waals surface area contributed by atoms with Gasteiger partial charge in [-0.2, -0.15) is 13.2 Å². The van der Waals surface area contributed by atoms with Crippen molar-refractivity contribution in [3.63, 3.8) is 0 Å². The number of alkyl halides is 3. The van der Waals surface area contributed by atoms with Crippen LogP contribution < -0.4 is 5.73 Å². The summed E-state index contributed by atoms with van der Waals surface area (Å²) in [6.07, 6.45) is -4.30. The fourth-order valence-electron chi connectivity index (χ4n) is 1.50. The van der Waals surface area contributed by atoms with Crippen LogP contribution >= 0.6 is 0 Å². The maximum Gasteiger partial charge on any atom is 0.401 e. The number of anilines is 1. The molecule has 1 rings (SSSR count). The zero-order chi connectivity index (χ0) is 13.1. The van der Waals surface area contributed by atoms with Crippen LogP contribution in [0.15, 0.2) is 18.2 Å². The largest absolute Gasteiger partial charge is 0.401 e. The van der Waals surface area contributed by atoms with Crippen LogP contribution in [0.5, 0.6) is 0 Å². The van der Waals surface area contributed by atoms with Gasteiger partial charge in [-0.1, -0.05) is 13.0 Å². The highest BCUT2D eigenvalue weighted by Gasteiger charge is 2.30. The molecule has 0 amide bonds. The zero-order valence-corrected chi connectivity index (χ0v) is 9.39. The molecule has 0 aromatic heterocycles. The summed E-state index contributed by atoms with van der Waals surface area (Å²) in [7, 11) is 0. The van der Waals surface area contributed by atoms with Crippen molar-refractivity contribution < 1.29 is 17.6 Å². The summed E-state index contributed by atoms with van der Waals surface area (Å²) in [6, 6.07) is 4.08. The Bertz CT molecular complexity index is 356. The molecule has 1 aromatic rings. The molecule has 17 heavy (non-hydrogen) atoms. The molecule has 0 aliphatic carbocycles. The summed E-state index contributed by atoms with van der Waals surface area (Å²) >= 11 is 0. The molecule has 0 spiro atoms. The summed E-state index contributed by atoms with van der Waals surface area (Å²) in [6.45, 7) is 0.544. The Kier molecular flexibility index (Phi) is 4.34. The SMILES string of the molecule is CCN(Cc1c(N)cccc1F)CC(F)(F)F. The lowest BCUT2D eigenvalue weighted by molar-refractivity contribution is -0.146. The van der Waals surface area contributed by atoms with Gasteiger partial charge in [0.1, 0.15) is 5.82 Å². The van der Waals surface area contributed by atoms with Crippen molar-refractivity contribution in [2.24, 2.45) is 0 Å². The lowest BCUT2D eigenvalue weighted by atomic mass is 10.1. The molecule has 96 valence electrons. The van der Waals surface area contributed by atoms with Gasteiger partial charge in [0.05, 0.1) is 6.54 Å². The van der Waals surface area contributed by atoms with Gasteiger partial charge in [-0.05, 0) is 18.7 Å². The van der Waals surface area contributed by atoms with Gasteiger partial charge in [0, 0.05) is 17.8 Å². The van der Waals surface area contributed by atoms with E-state index in [1.807, 2.05) is 0 Å². The van der Waals surface area contributed by atoms with E-state index in [-0.39, 0.29) is 24.3 Å². The third kappa shape index (κ3) is 4.22. The monoisotopic (exact) mass is 250 g/mol. The van der Waals surface area contributed by atoms with Gasteiger partial charge in [-0.15, -0.1) is 0 Å². The van der Waals surface area contributed by atoms with Crippen LogP contribution in [0.1, 0.15) is 12.5 Å². The van der Waals surface area contributed by atoms with Crippen LogP contribution in [-0.4, -0.2) is 24.2 Å². The summed E-state index contributed by atoms with van der Waals surface area (Å²) in [4.78, 5) is 1.09. The minimum Gasteiger partial charge on any atom is -0.398 e. The van der Waals surface area contributed by atoms with E-state index in [0.717, 1.165) is 4.90 Å². The van der Waals surface area contributed by atoms with Crippen LogP contribution in [0.4, 0.5) is 23.2 Å². The van der Waals surface area contributed by atoms with Gasteiger partial charge in [0.2, 0.25) is 0 Å². The average Bonchev–Trinajstić information content (AvgIpc) is 2.20. The van der Waals surface area contributed by atoms with Crippen molar-refractivity contribution in [1.82, 2.24) is 4.90 Å². The summed E-state index contributed by atoms with van der Waals surface area (Å²) in [5.74, 6) is -0.578. The van der Waals surface area contributed by atoms with Gasteiger partial charge in [-0.25, -0.2) is 4.39 Å². The van der Waals surface area contributed by atoms with Crippen molar-refractivity contribution in [2.45, 2.75) is 19.6 Å². The zero-order valence-electron chi connectivity index (χ0n) is 9.39. The molecule has 0 bridgehead atoms. The Hall–Kier alpha value is -1.30. The highest BCUT2D eigenvalue weighted by molar-refractivity contribution is 5.47. The molecule has 0 radical (unpaired) electrons. The molecule has 0 saturated carbocycles. The second-order valence-corrected chi connectivity index (χ2v) is 3.73. The molecule has 0 saturated heterocycles. The number of nitrogens with two attached hydrogens (primary N) is 1. The first-order valence-corrected chi connectivity index (χ1v) is 5.15. The van der Waals surface area contributed by atoms with E-state index in [2.05, 4.69) is 0 Å². The molecule has 1 aromatic carbocycles. The molecule has 0 fully saturated rings. The first-order chi connectivity index (χ1) is 7.83. The number of hydrogen-bond acceptors (Lipinski definition) is 2. The van der Waals surface area contributed by atoms with E-state index in [1.165, 1.54) is 18.2 Å². The van der Waals surface area contributed by atoms with Gasteiger partial charge >= 0.3 is 6.18 Å². The third-order valence-corrected chi connectivity index (χ3v) is 2.39. The number of nitrogens with zero attached hydrogens (tertiary/aromatic N) is 1. The van der Waals surface area contributed by atoms with E-state index >= 15 is 0 Å². The Labute approximate surface area is 97.0 Å². The molecule has 2 nitrogen and oxygen atoms in total. The van der Waals surface area contributed by atoms with Gasteiger partial charge in [0.15, 0.2) is 0 Å². The molecular weight excluding hydrogens is 236 g/mol. The van der Waals surface area contributed by atoms with E-state index in [1.54, 1.807) is 6.92 Å². The van der Waals surface area contributed by atoms with Gasteiger partial charge in [0.25, 0.3) is 0 Å². The molecule has 0 aliphatic heterocycles. The highest BCUT2D eigenvalue weighted by atomic mass is 19.4. The first-order valence-electron chi connectivity index (χ1n) is 5.15. The summed E-state index contributed by atoms with van der Waals surface area (Å²) in [5.41, 5.74) is 5.82. The maximum absolute atomic E-state index is 13.4. The molecular formula is C11H14F4N2. The fourth-order valence-corrected chi connectivity index (χ4v) is 1.50. The minimum atomic E-state index is -4.30.